The number of nitrogens with zero attached hydrogens (tertiary/aromatic N) is 1. The fourth-order valence-corrected chi connectivity index (χ4v) is 5.20. The van der Waals surface area contributed by atoms with Crippen LogP contribution in [-0.4, -0.2) is 44.2 Å². The zero-order valence-corrected chi connectivity index (χ0v) is 19.7. The molecule has 1 aliphatic rings. The maximum Gasteiger partial charge on any atom is 0.342 e. The number of para-hydroxylation sites is 1. The molecule has 1 fully saturated rings. The largest absolute Gasteiger partial charge is 0.488 e. The summed E-state index contributed by atoms with van der Waals surface area (Å²) < 4.78 is 50.6. The number of hydrogen-bond donors (Lipinski definition) is 0. The van der Waals surface area contributed by atoms with Crippen LogP contribution in [0.4, 0.5) is 4.39 Å². The Morgan fingerprint density at radius 2 is 1.54 bits per heavy atom. The van der Waals surface area contributed by atoms with Gasteiger partial charge in [0.25, 0.3) is 0 Å². The summed E-state index contributed by atoms with van der Waals surface area (Å²) in [5.74, 6) is -1.29. The van der Waals surface area contributed by atoms with E-state index in [1.807, 2.05) is 0 Å². The molecule has 1 aliphatic heterocycles. The summed E-state index contributed by atoms with van der Waals surface area (Å²) in [7, 11) is -3.57. The molecule has 9 heteroatoms. The summed E-state index contributed by atoms with van der Waals surface area (Å²) in [5.41, 5.74) is 1.11. The Bertz CT molecular complexity index is 1300. The van der Waals surface area contributed by atoms with Crippen LogP contribution in [0.15, 0.2) is 77.7 Å². The first-order valence-electron chi connectivity index (χ1n) is 11.1. The third kappa shape index (κ3) is 5.93. The predicted molar refractivity (Wildman–Crippen MR) is 126 cm³/mol. The first-order valence-corrected chi connectivity index (χ1v) is 12.6. The minimum absolute atomic E-state index is 0.121. The highest BCUT2D eigenvalue weighted by Crippen LogP contribution is 2.22. The summed E-state index contributed by atoms with van der Waals surface area (Å²) in [6.07, 6.45) is 1.67. The van der Waals surface area contributed by atoms with Crippen LogP contribution in [0, 0.1) is 5.82 Å². The Morgan fingerprint density at radius 3 is 2.23 bits per heavy atom. The Labute approximate surface area is 203 Å². The van der Waals surface area contributed by atoms with Gasteiger partial charge in [0.15, 0.2) is 12.4 Å². The van der Waals surface area contributed by atoms with Crippen LogP contribution in [0.25, 0.3) is 0 Å². The number of ether oxygens (including phenoxy) is 2. The molecule has 4 rings (SSSR count). The van der Waals surface area contributed by atoms with Gasteiger partial charge in [-0.1, -0.05) is 24.3 Å². The molecule has 0 N–H and O–H groups in total. The fourth-order valence-electron chi connectivity index (χ4n) is 3.69. The Hall–Kier alpha value is -3.56. The highest BCUT2D eigenvalue weighted by Gasteiger charge is 2.27. The quantitative estimate of drug-likeness (QED) is 0.325. The van der Waals surface area contributed by atoms with Gasteiger partial charge in [-0.3, -0.25) is 4.79 Å². The lowest BCUT2D eigenvalue weighted by Crippen LogP contribution is -2.27. The molecule has 0 aromatic heterocycles. The van der Waals surface area contributed by atoms with Gasteiger partial charge in [-0.15, -0.1) is 0 Å². The van der Waals surface area contributed by atoms with Gasteiger partial charge in [0.1, 0.15) is 23.7 Å². The van der Waals surface area contributed by atoms with Crippen molar-refractivity contribution in [1.29, 1.82) is 0 Å². The molecule has 0 atom stereocenters. The van der Waals surface area contributed by atoms with Gasteiger partial charge >= 0.3 is 5.97 Å². The second-order valence-electron chi connectivity index (χ2n) is 8.05. The van der Waals surface area contributed by atoms with Crippen LogP contribution < -0.4 is 4.74 Å². The molecule has 0 radical (unpaired) electrons. The number of Topliss-reactive ketones (excluding diaryl/α,β-unsaturated/α-hetero) is 1. The van der Waals surface area contributed by atoms with Gasteiger partial charge in [-0.2, -0.15) is 4.31 Å². The average molecular weight is 498 g/mol. The van der Waals surface area contributed by atoms with Crippen LogP contribution >= 0.6 is 0 Å². The molecule has 1 saturated heterocycles. The molecule has 35 heavy (non-hydrogen) atoms. The van der Waals surface area contributed by atoms with Crippen molar-refractivity contribution in [2.75, 3.05) is 19.7 Å². The summed E-state index contributed by atoms with van der Waals surface area (Å²) in [5, 5.41) is 0. The summed E-state index contributed by atoms with van der Waals surface area (Å²) in [6.45, 7) is 0.599. The van der Waals surface area contributed by atoms with E-state index in [0.29, 0.717) is 13.1 Å². The summed E-state index contributed by atoms with van der Waals surface area (Å²) in [6, 6.07) is 17.9. The third-order valence-electron chi connectivity index (χ3n) is 5.63. The molecule has 0 saturated carbocycles. The zero-order chi connectivity index (χ0) is 24.8. The van der Waals surface area contributed by atoms with Gasteiger partial charge in [0.05, 0.1) is 4.90 Å². The molecule has 0 amide bonds. The second kappa shape index (κ2) is 10.8. The minimum Gasteiger partial charge on any atom is -0.488 e. The predicted octanol–water partition coefficient (Wildman–Crippen LogP) is 4.23. The third-order valence-corrected chi connectivity index (χ3v) is 7.54. The molecular weight excluding hydrogens is 473 g/mol. The maximum atomic E-state index is 13.1. The summed E-state index contributed by atoms with van der Waals surface area (Å²) >= 11 is 0. The number of carbonyl (C=O) groups is 2. The van der Waals surface area contributed by atoms with Crippen molar-refractivity contribution < 1.29 is 31.9 Å². The highest BCUT2D eigenvalue weighted by molar-refractivity contribution is 7.89. The van der Waals surface area contributed by atoms with Crippen molar-refractivity contribution in [2.45, 2.75) is 24.3 Å². The molecule has 0 unspecified atom stereocenters. The number of halogens is 1. The van der Waals surface area contributed by atoms with Crippen molar-refractivity contribution in [3.8, 4) is 5.75 Å². The number of ketones is 1. The number of hydrogen-bond acceptors (Lipinski definition) is 6. The second-order valence-corrected chi connectivity index (χ2v) is 9.98. The fraction of sp³-hybridized carbons (Fsp3) is 0.231. The Balaban J connectivity index is 1.36. The van der Waals surface area contributed by atoms with Gasteiger partial charge in [-0.25, -0.2) is 17.6 Å². The van der Waals surface area contributed by atoms with Crippen LogP contribution in [0.2, 0.25) is 0 Å². The first kappa shape index (κ1) is 24.6. The number of benzene rings is 3. The number of esters is 1. The molecule has 7 nitrogen and oxygen atoms in total. The Kier molecular flexibility index (Phi) is 7.57. The number of rotatable bonds is 9. The van der Waals surface area contributed by atoms with Crippen LogP contribution in [-0.2, 0) is 21.4 Å². The van der Waals surface area contributed by atoms with E-state index in [1.54, 1.807) is 30.3 Å². The number of sulfonamides is 1. The molecule has 182 valence electrons. The van der Waals surface area contributed by atoms with Gasteiger partial charge in [0.2, 0.25) is 10.0 Å². The van der Waals surface area contributed by atoms with Crippen LogP contribution in [0.5, 0.6) is 5.75 Å². The van der Waals surface area contributed by atoms with Crippen molar-refractivity contribution in [3.05, 3.63) is 95.3 Å². The Morgan fingerprint density at radius 1 is 0.886 bits per heavy atom. The van der Waals surface area contributed by atoms with Crippen molar-refractivity contribution >= 4 is 21.8 Å². The molecule has 1 heterocycles. The molecule has 3 aromatic rings. The molecule has 3 aromatic carbocycles. The summed E-state index contributed by atoms with van der Waals surface area (Å²) in [4.78, 5) is 25.2. The minimum atomic E-state index is -3.57. The lowest BCUT2D eigenvalue weighted by molar-refractivity contribution is 0.0470. The SMILES string of the molecule is O=C(COC(=O)c1ccccc1OCc1ccc(F)cc1)c1ccc(S(=O)(=O)N2CCCC2)cc1. The maximum absolute atomic E-state index is 13.1. The van der Waals surface area contributed by atoms with Gasteiger partial charge in [0, 0.05) is 18.7 Å². The standard InChI is InChI=1S/C26H24FNO6S/c27-21-11-7-19(8-12-21)17-33-25-6-2-1-5-23(25)26(30)34-18-24(29)20-9-13-22(14-10-20)35(31,32)28-15-3-4-16-28/h1-2,5-14H,3-4,15-18H2. The molecule has 0 spiro atoms. The highest BCUT2D eigenvalue weighted by atomic mass is 32.2. The topological polar surface area (TPSA) is 90.0 Å². The molecular formula is C26H24FNO6S. The van der Waals surface area contributed by atoms with Crippen molar-refractivity contribution in [1.82, 2.24) is 4.31 Å². The van der Waals surface area contributed by atoms with E-state index in [1.165, 1.54) is 46.8 Å². The van der Waals surface area contributed by atoms with E-state index in [-0.39, 0.29) is 34.2 Å². The normalized spacial score (nSPS) is 14.0. The molecule has 0 aliphatic carbocycles. The van der Waals surface area contributed by atoms with Gasteiger partial charge in [-0.05, 0) is 66.9 Å². The van der Waals surface area contributed by atoms with E-state index in [9.17, 15) is 22.4 Å². The first-order chi connectivity index (χ1) is 16.8. The van der Waals surface area contributed by atoms with Crippen LogP contribution in [0.1, 0.15) is 39.1 Å². The smallest absolute Gasteiger partial charge is 0.342 e. The van der Waals surface area contributed by atoms with E-state index in [0.717, 1.165) is 18.4 Å². The van der Waals surface area contributed by atoms with Crippen LogP contribution in [0.3, 0.4) is 0 Å². The zero-order valence-electron chi connectivity index (χ0n) is 18.9. The van der Waals surface area contributed by atoms with E-state index in [4.69, 9.17) is 9.47 Å². The van der Waals surface area contributed by atoms with Crippen molar-refractivity contribution in [2.24, 2.45) is 0 Å². The monoisotopic (exact) mass is 497 g/mol. The van der Waals surface area contributed by atoms with Gasteiger partial charge < -0.3 is 9.47 Å². The number of carbonyl (C=O) groups excluding carboxylic acids is 2. The van der Waals surface area contributed by atoms with Crippen molar-refractivity contribution in [3.63, 3.8) is 0 Å². The average Bonchev–Trinajstić information content (AvgIpc) is 3.43. The van der Waals surface area contributed by atoms with E-state index >= 15 is 0 Å². The van der Waals surface area contributed by atoms with E-state index < -0.39 is 28.4 Å². The molecule has 0 bridgehead atoms. The lowest BCUT2D eigenvalue weighted by atomic mass is 10.1. The van der Waals surface area contributed by atoms with E-state index in [2.05, 4.69) is 0 Å². The lowest BCUT2D eigenvalue weighted by Gasteiger charge is -2.15.